The molecule has 0 aliphatic carbocycles. The molecule has 3 saturated heterocycles. The van der Waals surface area contributed by atoms with Crippen LogP contribution in [0.2, 0.25) is 0 Å². The molecule has 0 aromatic heterocycles. The number of piperidine rings is 1. The SMILES string of the molecule is C[C@@H]1CNCCN1C(=O)C1CCCN(C(=O)N2CCCC2)C1. The van der Waals surface area contributed by atoms with Crippen LogP contribution >= 0.6 is 0 Å². The summed E-state index contributed by atoms with van der Waals surface area (Å²) in [5, 5.41) is 3.32. The number of urea groups is 1. The lowest BCUT2D eigenvalue weighted by Gasteiger charge is -2.40. The van der Waals surface area contributed by atoms with Crippen LogP contribution in [0.4, 0.5) is 4.79 Å². The largest absolute Gasteiger partial charge is 0.337 e. The molecule has 2 atom stereocenters. The van der Waals surface area contributed by atoms with Crippen molar-refractivity contribution < 1.29 is 9.59 Å². The fourth-order valence-corrected chi connectivity index (χ4v) is 3.86. The molecule has 0 aromatic carbocycles. The minimum absolute atomic E-state index is 0.0131. The van der Waals surface area contributed by atoms with Crippen LogP contribution < -0.4 is 5.32 Å². The summed E-state index contributed by atoms with van der Waals surface area (Å²) in [4.78, 5) is 31.2. The fourth-order valence-electron chi connectivity index (χ4n) is 3.86. The summed E-state index contributed by atoms with van der Waals surface area (Å²) in [6.45, 7) is 7.79. The Labute approximate surface area is 132 Å². The van der Waals surface area contributed by atoms with E-state index in [-0.39, 0.29) is 23.9 Å². The van der Waals surface area contributed by atoms with Crippen molar-refractivity contribution in [2.45, 2.75) is 38.6 Å². The van der Waals surface area contributed by atoms with E-state index in [2.05, 4.69) is 12.2 Å². The van der Waals surface area contributed by atoms with E-state index in [1.807, 2.05) is 14.7 Å². The minimum Gasteiger partial charge on any atom is -0.337 e. The summed E-state index contributed by atoms with van der Waals surface area (Å²) in [5.41, 5.74) is 0. The Balaban J connectivity index is 1.59. The quantitative estimate of drug-likeness (QED) is 0.777. The number of piperazine rings is 1. The topological polar surface area (TPSA) is 55.9 Å². The van der Waals surface area contributed by atoms with Gasteiger partial charge in [-0.3, -0.25) is 4.79 Å². The molecular weight excluding hydrogens is 280 g/mol. The summed E-state index contributed by atoms with van der Waals surface area (Å²) in [5.74, 6) is 0.230. The molecule has 3 aliphatic heterocycles. The normalized spacial score (nSPS) is 29.8. The summed E-state index contributed by atoms with van der Waals surface area (Å²) >= 11 is 0. The third-order valence-corrected chi connectivity index (χ3v) is 5.20. The summed E-state index contributed by atoms with van der Waals surface area (Å²) in [6, 6.07) is 0.397. The molecule has 0 bridgehead atoms. The second kappa shape index (κ2) is 6.86. The molecule has 1 N–H and O–H groups in total. The molecular formula is C16H28N4O2. The second-order valence-corrected chi connectivity index (χ2v) is 6.85. The molecule has 6 nitrogen and oxygen atoms in total. The smallest absolute Gasteiger partial charge is 0.320 e. The number of likely N-dealkylation sites (tertiary alicyclic amines) is 2. The zero-order valence-electron chi connectivity index (χ0n) is 13.6. The highest BCUT2D eigenvalue weighted by Gasteiger charge is 2.35. The number of hydrogen-bond donors (Lipinski definition) is 1. The Morgan fingerprint density at radius 3 is 2.45 bits per heavy atom. The molecule has 3 rings (SSSR count). The number of rotatable bonds is 1. The van der Waals surface area contributed by atoms with Gasteiger partial charge in [0, 0.05) is 51.9 Å². The predicted molar refractivity (Wildman–Crippen MR) is 84.5 cm³/mol. The van der Waals surface area contributed by atoms with E-state index in [1.165, 1.54) is 0 Å². The van der Waals surface area contributed by atoms with Crippen LogP contribution in [0.1, 0.15) is 32.6 Å². The van der Waals surface area contributed by atoms with Crippen LogP contribution in [0.5, 0.6) is 0 Å². The van der Waals surface area contributed by atoms with Gasteiger partial charge in [-0.05, 0) is 32.6 Å². The first-order valence-electron chi connectivity index (χ1n) is 8.72. The van der Waals surface area contributed by atoms with Crippen molar-refractivity contribution in [3.05, 3.63) is 0 Å². The van der Waals surface area contributed by atoms with E-state index in [1.54, 1.807) is 0 Å². The lowest BCUT2D eigenvalue weighted by atomic mass is 9.95. The van der Waals surface area contributed by atoms with Gasteiger partial charge < -0.3 is 20.0 Å². The van der Waals surface area contributed by atoms with Crippen LogP contribution in [0.15, 0.2) is 0 Å². The van der Waals surface area contributed by atoms with Gasteiger partial charge in [0.25, 0.3) is 0 Å². The van der Waals surface area contributed by atoms with E-state index >= 15 is 0 Å². The Morgan fingerprint density at radius 1 is 1.00 bits per heavy atom. The number of carbonyl (C=O) groups excluding carboxylic acids is 2. The van der Waals surface area contributed by atoms with Crippen LogP contribution in [-0.2, 0) is 4.79 Å². The standard InChI is InChI=1S/C16H28N4O2/c1-13-11-17-6-10-20(13)15(21)14-5-4-9-19(12-14)16(22)18-7-2-3-8-18/h13-14,17H,2-12H2,1H3/t13-,14?/m1/s1. The van der Waals surface area contributed by atoms with Gasteiger partial charge in [-0.25, -0.2) is 4.79 Å². The van der Waals surface area contributed by atoms with Crippen molar-refractivity contribution in [3.63, 3.8) is 0 Å². The fraction of sp³-hybridized carbons (Fsp3) is 0.875. The number of hydrogen-bond acceptors (Lipinski definition) is 3. The third kappa shape index (κ3) is 3.21. The Morgan fingerprint density at radius 2 is 1.73 bits per heavy atom. The molecule has 6 heteroatoms. The van der Waals surface area contributed by atoms with Crippen molar-refractivity contribution in [3.8, 4) is 0 Å². The minimum atomic E-state index is -0.0131. The molecule has 3 heterocycles. The average molecular weight is 308 g/mol. The maximum Gasteiger partial charge on any atom is 0.320 e. The highest BCUT2D eigenvalue weighted by Crippen LogP contribution is 2.22. The molecule has 3 aliphatic rings. The van der Waals surface area contributed by atoms with Crippen LogP contribution in [0.3, 0.4) is 0 Å². The average Bonchev–Trinajstić information content (AvgIpc) is 3.08. The first-order valence-corrected chi connectivity index (χ1v) is 8.72. The first kappa shape index (κ1) is 15.6. The maximum atomic E-state index is 12.8. The van der Waals surface area contributed by atoms with Gasteiger partial charge in [-0.15, -0.1) is 0 Å². The molecule has 0 spiro atoms. The van der Waals surface area contributed by atoms with E-state index in [9.17, 15) is 9.59 Å². The molecule has 1 unspecified atom stereocenters. The summed E-state index contributed by atoms with van der Waals surface area (Å²) in [7, 11) is 0. The van der Waals surface area contributed by atoms with E-state index < -0.39 is 0 Å². The van der Waals surface area contributed by atoms with Gasteiger partial charge >= 0.3 is 6.03 Å². The zero-order valence-corrected chi connectivity index (χ0v) is 13.6. The van der Waals surface area contributed by atoms with Gasteiger partial charge in [0.1, 0.15) is 0 Å². The molecule has 0 saturated carbocycles. The van der Waals surface area contributed by atoms with E-state index in [0.29, 0.717) is 6.54 Å². The first-order chi connectivity index (χ1) is 10.7. The van der Waals surface area contributed by atoms with Crippen molar-refractivity contribution >= 4 is 11.9 Å². The van der Waals surface area contributed by atoms with Crippen molar-refractivity contribution in [2.24, 2.45) is 5.92 Å². The predicted octanol–water partition coefficient (Wildman–Crippen LogP) is 0.735. The van der Waals surface area contributed by atoms with Crippen LogP contribution in [-0.4, -0.2) is 78.5 Å². The van der Waals surface area contributed by atoms with Crippen molar-refractivity contribution in [1.29, 1.82) is 0 Å². The Hall–Kier alpha value is -1.30. The van der Waals surface area contributed by atoms with Gasteiger partial charge in [0.05, 0.1) is 5.92 Å². The lowest BCUT2D eigenvalue weighted by Crippen LogP contribution is -2.56. The van der Waals surface area contributed by atoms with Crippen LogP contribution in [0, 0.1) is 5.92 Å². The van der Waals surface area contributed by atoms with Gasteiger partial charge in [0.15, 0.2) is 0 Å². The zero-order chi connectivity index (χ0) is 15.5. The highest BCUT2D eigenvalue weighted by molar-refractivity contribution is 5.81. The summed E-state index contributed by atoms with van der Waals surface area (Å²) in [6.07, 6.45) is 4.08. The van der Waals surface area contributed by atoms with Gasteiger partial charge in [0.2, 0.25) is 5.91 Å². The molecule has 124 valence electrons. The van der Waals surface area contributed by atoms with Crippen LogP contribution in [0.25, 0.3) is 0 Å². The van der Waals surface area contributed by atoms with Gasteiger partial charge in [-0.1, -0.05) is 0 Å². The number of amides is 3. The molecule has 3 fully saturated rings. The van der Waals surface area contributed by atoms with Crippen molar-refractivity contribution in [1.82, 2.24) is 20.0 Å². The third-order valence-electron chi connectivity index (χ3n) is 5.20. The molecule has 0 radical (unpaired) electrons. The maximum absolute atomic E-state index is 12.8. The van der Waals surface area contributed by atoms with E-state index in [4.69, 9.17) is 0 Å². The molecule has 0 aromatic rings. The van der Waals surface area contributed by atoms with Gasteiger partial charge in [-0.2, -0.15) is 0 Å². The number of nitrogens with one attached hydrogen (secondary N) is 1. The van der Waals surface area contributed by atoms with E-state index in [0.717, 1.165) is 65.0 Å². The van der Waals surface area contributed by atoms with Crippen molar-refractivity contribution in [2.75, 3.05) is 45.8 Å². The molecule has 22 heavy (non-hydrogen) atoms. The Kier molecular flexibility index (Phi) is 4.86. The summed E-state index contributed by atoms with van der Waals surface area (Å²) < 4.78 is 0. The molecule has 3 amide bonds. The lowest BCUT2D eigenvalue weighted by molar-refractivity contribution is -0.139. The number of nitrogens with zero attached hydrogens (tertiary/aromatic N) is 3. The monoisotopic (exact) mass is 308 g/mol. The second-order valence-electron chi connectivity index (χ2n) is 6.85. The highest BCUT2D eigenvalue weighted by atomic mass is 16.2. The number of carbonyl (C=O) groups is 2. The Bertz CT molecular complexity index is 422.